The summed E-state index contributed by atoms with van der Waals surface area (Å²) >= 11 is 0. The van der Waals surface area contributed by atoms with Crippen LogP contribution in [0.3, 0.4) is 0 Å². The number of furan rings is 1. The first-order chi connectivity index (χ1) is 12.2. The molecule has 0 aliphatic heterocycles. The molecule has 0 atom stereocenters. The zero-order valence-electron chi connectivity index (χ0n) is 13.6. The standard InChI is InChI=1S/C20H18FNO3/c21-17-6-4-5-15(13-17)9-11-22-20(23)19-16(10-12-24-19)14-25-18-7-2-1-3-8-18/h1-8,10,12-13H,9,11,14H2,(H,22,23). The third kappa shape index (κ3) is 4.70. The first kappa shape index (κ1) is 16.8. The summed E-state index contributed by atoms with van der Waals surface area (Å²) in [6.07, 6.45) is 2.01. The second kappa shape index (κ2) is 8.15. The summed E-state index contributed by atoms with van der Waals surface area (Å²) in [5, 5.41) is 2.78. The lowest BCUT2D eigenvalue weighted by Gasteiger charge is -2.07. The van der Waals surface area contributed by atoms with Crippen molar-refractivity contribution in [2.24, 2.45) is 0 Å². The number of ether oxygens (including phenoxy) is 1. The maximum absolute atomic E-state index is 13.1. The van der Waals surface area contributed by atoms with Crippen molar-refractivity contribution in [3.05, 3.63) is 89.6 Å². The summed E-state index contributed by atoms with van der Waals surface area (Å²) < 4.78 is 24.1. The zero-order valence-corrected chi connectivity index (χ0v) is 13.6. The van der Waals surface area contributed by atoms with Crippen molar-refractivity contribution in [3.63, 3.8) is 0 Å². The minimum atomic E-state index is -0.312. The van der Waals surface area contributed by atoms with Gasteiger partial charge in [-0.1, -0.05) is 30.3 Å². The molecule has 0 aliphatic carbocycles. The van der Waals surface area contributed by atoms with Gasteiger partial charge >= 0.3 is 0 Å². The van der Waals surface area contributed by atoms with Crippen LogP contribution < -0.4 is 10.1 Å². The Bertz CT molecular complexity index is 830. The highest BCUT2D eigenvalue weighted by Crippen LogP contribution is 2.15. The number of hydrogen-bond donors (Lipinski definition) is 1. The Morgan fingerprint density at radius 3 is 2.72 bits per heavy atom. The SMILES string of the molecule is O=C(NCCc1cccc(F)c1)c1occc1COc1ccccc1. The average molecular weight is 339 g/mol. The Morgan fingerprint density at radius 2 is 1.92 bits per heavy atom. The molecule has 0 saturated carbocycles. The first-order valence-corrected chi connectivity index (χ1v) is 7.99. The summed E-state index contributed by atoms with van der Waals surface area (Å²) in [5.41, 5.74) is 1.50. The molecule has 4 nitrogen and oxygen atoms in total. The predicted molar refractivity (Wildman–Crippen MR) is 91.9 cm³/mol. The van der Waals surface area contributed by atoms with E-state index in [2.05, 4.69) is 5.32 Å². The van der Waals surface area contributed by atoms with Crippen molar-refractivity contribution < 1.29 is 18.3 Å². The number of nitrogens with one attached hydrogen (secondary N) is 1. The van der Waals surface area contributed by atoms with Gasteiger partial charge in [0.15, 0.2) is 5.76 Å². The number of para-hydroxylation sites is 1. The molecule has 5 heteroatoms. The van der Waals surface area contributed by atoms with E-state index in [9.17, 15) is 9.18 Å². The van der Waals surface area contributed by atoms with Gasteiger partial charge in [-0.05, 0) is 42.3 Å². The van der Waals surface area contributed by atoms with Crippen LogP contribution in [-0.2, 0) is 13.0 Å². The number of halogens is 1. The zero-order chi connectivity index (χ0) is 17.5. The Balaban J connectivity index is 1.53. The third-order valence-electron chi connectivity index (χ3n) is 3.68. The molecule has 3 aromatic rings. The fourth-order valence-corrected chi connectivity index (χ4v) is 2.42. The number of carbonyl (C=O) groups excluding carboxylic acids is 1. The van der Waals surface area contributed by atoms with E-state index in [1.165, 1.54) is 18.4 Å². The lowest BCUT2D eigenvalue weighted by atomic mass is 10.1. The second-order valence-corrected chi connectivity index (χ2v) is 5.51. The van der Waals surface area contributed by atoms with E-state index in [0.717, 1.165) is 11.3 Å². The average Bonchev–Trinajstić information content (AvgIpc) is 3.09. The minimum absolute atomic E-state index is 0.232. The van der Waals surface area contributed by atoms with Gasteiger partial charge in [0.1, 0.15) is 18.2 Å². The molecule has 1 N–H and O–H groups in total. The van der Waals surface area contributed by atoms with Gasteiger partial charge in [0.05, 0.1) is 6.26 Å². The number of benzene rings is 2. The van der Waals surface area contributed by atoms with Crippen LogP contribution in [0.4, 0.5) is 4.39 Å². The number of amides is 1. The summed E-state index contributed by atoms with van der Waals surface area (Å²) in [5.74, 6) is 0.361. The quantitative estimate of drug-likeness (QED) is 0.709. The summed E-state index contributed by atoms with van der Waals surface area (Å²) in [6, 6.07) is 17.4. The van der Waals surface area contributed by atoms with Gasteiger partial charge in [-0.15, -0.1) is 0 Å². The van der Waals surface area contributed by atoms with E-state index >= 15 is 0 Å². The van der Waals surface area contributed by atoms with Crippen LogP contribution in [0.5, 0.6) is 5.75 Å². The summed E-state index contributed by atoms with van der Waals surface area (Å²) in [6.45, 7) is 0.634. The number of hydrogen-bond acceptors (Lipinski definition) is 3. The van der Waals surface area contributed by atoms with Crippen molar-refractivity contribution in [1.82, 2.24) is 5.32 Å². The Morgan fingerprint density at radius 1 is 1.08 bits per heavy atom. The van der Waals surface area contributed by atoms with Crippen molar-refractivity contribution in [2.75, 3.05) is 6.54 Å². The van der Waals surface area contributed by atoms with E-state index in [-0.39, 0.29) is 24.1 Å². The van der Waals surface area contributed by atoms with Crippen LogP contribution in [0, 0.1) is 5.82 Å². The van der Waals surface area contributed by atoms with Gasteiger partial charge in [0.2, 0.25) is 0 Å². The van der Waals surface area contributed by atoms with E-state index in [1.807, 2.05) is 36.4 Å². The van der Waals surface area contributed by atoms with E-state index in [4.69, 9.17) is 9.15 Å². The molecule has 25 heavy (non-hydrogen) atoms. The van der Waals surface area contributed by atoms with Crippen LogP contribution >= 0.6 is 0 Å². The van der Waals surface area contributed by atoms with E-state index in [0.29, 0.717) is 18.5 Å². The van der Waals surface area contributed by atoms with Gasteiger partial charge in [-0.3, -0.25) is 4.79 Å². The highest BCUT2D eigenvalue weighted by Gasteiger charge is 2.15. The van der Waals surface area contributed by atoms with Crippen molar-refractivity contribution in [3.8, 4) is 5.75 Å². The molecule has 1 aromatic heterocycles. The first-order valence-electron chi connectivity index (χ1n) is 7.99. The Hall–Kier alpha value is -3.08. The van der Waals surface area contributed by atoms with Crippen molar-refractivity contribution in [2.45, 2.75) is 13.0 Å². The maximum atomic E-state index is 13.1. The van der Waals surface area contributed by atoms with Gasteiger partial charge in [0, 0.05) is 12.1 Å². The molecule has 128 valence electrons. The van der Waals surface area contributed by atoms with Gasteiger partial charge in [-0.2, -0.15) is 0 Å². The van der Waals surface area contributed by atoms with Crippen LogP contribution in [0.25, 0.3) is 0 Å². The Labute approximate surface area is 145 Å². The topological polar surface area (TPSA) is 51.5 Å². The van der Waals surface area contributed by atoms with Crippen LogP contribution in [0.2, 0.25) is 0 Å². The molecule has 0 unspecified atom stereocenters. The number of rotatable bonds is 7. The minimum Gasteiger partial charge on any atom is -0.489 e. The summed E-state index contributed by atoms with van der Waals surface area (Å²) in [7, 11) is 0. The molecule has 2 aromatic carbocycles. The predicted octanol–water partition coefficient (Wildman–Crippen LogP) is 3.97. The maximum Gasteiger partial charge on any atom is 0.287 e. The molecule has 1 heterocycles. The van der Waals surface area contributed by atoms with Crippen molar-refractivity contribution >= 4 is 5.91 Å². The fourth-order valence-electron chi connectivity index (χ4n) is 2.42. The van der Waals surface area contributed by atoms with Crippen LogP contribution in [0.1, 0.15) is 21.7 Å². The lowest BCUT2D eigenvalue weighted by molar-refractivity contribution is 0.0923. The highest BCUT2D eigenvalue weighted by molar-refractivity contribution is 5.92. The van der Waals surface area contributed by atoms with Gasteiger partial charge < -0.3 is 14.5 Å². The normalized spacial score (nSPS) is 10.4. The van der Waals surface area contributed by atoms with Gasteiger partial charge in [0.25, 0.3) is 5.91 Å². The van der Waals surface area contributed by atoms with Crippen LogP contribution in [0.15, 0.2) is 71.3 Å². The monoisotopic (exact) mass is 339 g/mol. The molecule has 0 saturated heterocycles. The molecule has 3 rings (SSSR count). The van der Waals surface area contributed by atoms with Crippen molar-refractivity contribution in [1.29, 1.82) is 0 Å². The largest absolute Gasteiger partial charge is 0.489 e. The van der Waals surface area contributed by atoms with Crippen LogP contribution in [-0.4, -0.2) is 12.5 Å². The fraction of sp³-hybridized carbons (Fsp3) is 0.150. The summed E-state index contributed by atoms with van der Waals surface area (Å²) in [4.78, 5) is 12.3. The highest BCUT2D eigenvalue weighted by atomic mass is 19.1. The third-order valence-corrected chi connectivity index (χ3v) is 3.68. The second-order valence-electron chi connectivity index (χ2n) is 5.51. The Kier molecular flexibility index (Phi) is 5.46. The van der Waals surface area contributed by atoms with Gasteiger partial charge in [-0.25, -0.2) is 4.39 Å². The molecule has 0 bridgehead atoms. The lowest BCUT2D eigenvalue weighted by Crippen LogP contribution is -2.26. The smallest absolute Gasteiger partial charge is 0.287 e. The van der Waals surface area contributed by atoms with E-state index < -0.39 is 0 Å². The molecule has 0 radical (unpaired) electrons. The molecule has 1 amide bonds. The molecular formula is C20H18FNO3. The molecule has 0 aliphatic rings. The molecule has 0 spiro atoms. The van der Waals surface area contributed by atoms with E-state index in [1.54, 1.807) is 12.1 Å². The molecule has 0 fully saturated rings. The molecular weight excluding hydrogens is 321 g/mol. The number of carbonyl (C=O) groups is 1.